The second-order valence-electron chi connectivity index (χ2n) is 5.38. The summed E-state index contributed by atoms with van der Waals surface area (Å²) in [7, 11) is 4.77. The summed E-state index contributed by atoms with van der Waals surface area (Å²) in [6.07, 6.45) is 0.142. The summed E-state index contributed by atoms with van der Waals surface area (Å²) >= 11 is 0. The Labute approximate surface area is 135 Å². The number of ether oxygens (including phenoxy) is 2. The van der Waals surface area contributed by atoms with E-state index in [1.54, 1.807) is 27.3 Å². The van der Waals surface area contributed by atoms with E-state index in [0.717, 1.165) is 5.56 Å². The molecule has 0 aromatic heterocycles. The Hall–Kier alpha value is -2.28. The largest absolute Gasteiger partial charge is 0.497 e. The van der Waals surface area contributed by atoms with Gasteiger partial charge in [-0.05, 0) is 17.7 Å². The van der Waals surface area contributed by atoms with Crippen LogP contribution in [0.15, 0.2) is 18.2 Å². The first-order valence-electron chi connectivity index (χ1n) is 7.51. The zero-order chi connectivity index (χ0) is 16.8. The van der Waals surface area contributed by atoms with Gasteiger partial charge in [0.2, 0.25) is 11.8 Å². The number of benzene rings is 1. The first kappa shape index (κ1) is 17.1. The average Bonchev–Trinajstić information content (AvgIpc) is 2.57. The average molecular weight is 321 g/mol. The zero-order valence-corrected chi connectivity index (χ0v) is 13.7. The number of rotatable bonds is 6. The number of hydrogen-bond donors (Lipinski definition) is 2. The smallest absolute Gasteiger partial charge is 0.237 e. The van der Waals surface area contributed by atoms with Crippen LogP contribution in [0.4, 0.5) is 0 Å². The minimum Gasteiger partial charge on any atom is -0.497 e. The van der Waals surface area contributed by atoms with Crippen LogP contribution in [0.5, 0.6) is 11.5 Å². The highest BCUT2D eigenvalue weighted by molar-refractivity contribution is 5.88. The lowest BCUT2D eigenvalue weighted by Crippen LogP contribution is -2.55. The Morgan fingerprint density at radius 3 is 2.52 bits per heavy atom. The molecular weight excluding hydrogens is 298 g/mol. The molecule has 0 radical (unpaired) electrons. The zero-order valence-electron chi connectivity index (χ0n) is 13.7. The van der Waals surface area contributed by atoms with E-state index in [9.17, 15) is 9.59 Å². The number of hydrogen-bond acceptors (Lipinski definition) is 5. The van der Waals surface area contributed by atoms with Crippen LogP contribution in [0, 0.1) is 0 Å². The van der Waals surface area contributed by atoms with E-state index in [1.165, 1.54) is 0 Å². The Balaban J connectivity index is 2.18. The molecule has 126 valence electrons. The first-order chi connectivity index (χ1) is 11.1. The number of carbonyl (C=O) groups is 2. The highest BCUT2D eigenvalue weighted by atomic mass is 16.5. The van der Waals surface area contributed by atoms with E-state index < -0.39 is 6.04 Å². The van der Waals surface area contributed by atoms with Gasteiger partial charge in [0.15, 0.2) is 0 Å². The van der Waals surface area contributed by atoms with Gasteiger partial charge in [-0.3, -0.25) is 14.5 Å². The predicted molar refractivity (Wildman–Crippen MR) is 85.4 cm³/mol. The van der Waals surface area contributed by atoms with Crippen molar-refractivity contribution in [3.05, 3.63) is 23.8 Å². The van der Waals surface area contributed by atoms with Gasteiger partial charge in [-0.25, -0.2) is 0 Å². The maximum Gasteiger partial charge on any atom is 0.237 e. The summed E-state index contributed by atoms with van der Waals surface area (Å²) < 4.78 is 10.5. The molecular formula is C16H23N3O4. The summed E-state index contributed by atoms with van der Waals surface area (Å²) in [5.41, 5.74) is 0.970. The number of nitrogens with one attached hydrogen (secondary N) is 2. The van der Waals surface area contributed by atoms with Crippen molar-refractivity contribution >= 4 is 11.8 Å². The third kappa shape index (κ3) is 4.35. The molecule has 0 spiro atoms. The number of nitrogens with zero attached hydrogens (tertiary/aromatic N) is 1. The van der Waals surface area contributed by atoms with Crippen molar-refractivity contribution in [1.29, 1.82) is 0 Å². The Morgan fingerprint density at radius 1 is 1.30 bits per heavy atom. The van der Waals surface area contributed by atoms with Crippen molar-refractivity contribution in [3.63, 3.8) is 0 Å². The van der Waals surface area contributed by atoms with Crippen LogP contribution in [0.1, 0.15) is 12.0 Å². The highest BCUT2D eigenvalue weighted by Crippen LogP contribution is 2.24. The van der Waals surface area contributed by atoms with Gasteiger partial charge in [0, 0.05) is 32.7 Å². The molecule has 1 fully saturated rings. The van der Waals surface area contributed by atoms with Gasteiger partial charge in [-0.1, -0.05) is 0 Å². The van der Waals surface area contributed by atoms with Gasteiger partial charge in [0.1, 0.15) is 11.5 Å². The minimum atomic E-state index is -0.471. The molecule has 0 aliphatic carbocycles. The lowest BCUT2D eigenvalue weighted by atomic mass is 10.1. The first-order valence-corrected chi connectivity index (χ1v) is 7.51. The summed E-state index contributed by atoms with van der Waals surface area (Å²) in [6, 6.07) is 5.15. The van der Waals surface area contributed by atoms with Crippen molar-refractivity contribution in [3.8, 4) is 11.5 Å². The van der Waals surface area contributed by atoms with Crippen molar-refractivity contribution in [1.82, 2.24) is 15.5 Å². The summed E-state index contributed by atoms with van der Waals surface area (Å²) in [6.45, 7) is 1.81. The molecule has 0 saturated carbocycles. The normalized spacial score (nSPS) is 18.2. The molecule has 7 nitrogen and oxygen atoms in total. The molecule has 1 aliphatic heterocycles. The topological polar surface area (TPSA) is 79.9 Å². The molecule has 23 heavy (non-hydrogen) atoms. The van der Waals surface area contributed by atoms with Gasteiger partial charge >= 0.3 is 0 Å². The van der Waals surface area contributed by atoms with E-state index in [4.69, 9.17) is 9.47 Å². The van der Waals surface area contributed by atoms with Crippen molar-refractivity contribution < 1.29 is 19.1 Å². The van der Waals surface area contributed by atoms with Crippen LogP contribution < -0.4 is 20.1 Å². The highest BCUT2D eigenvalue weighted by Gasteiger charge is 2.31. The van der Waals surface area contributed by atoms with Gasteiger partial charge in [-0.15, -0.1) is 0 Å². The monoisotopic (exact) mass is 321 g/mol. The fraction of sp³-hybridized carbons (Fsp3) is 0.500. The molecule has 2 amide bonds. The molecule has 1 aromatic rings. The molecule has 7 heteroatoms. The summed E-state index contributed by atoms with van der Waals surface area (Å²) in [5.74, 6) is 1.13. The van der Waals surface area contributed by atoms with Crippen molar-refractivity contribution in [2.45, 2.75) is 19.0 Å². The van der Waals surface area contributed by atoms with Crippen LogP contribution in [0.3, 0.4) is 0 Å². The van der Waals surface area contributed by atoms with Gasteiger partial charge in [0.25, 0.3) is 0 Å². The van der Waals surface area contributed by atoms with Crippen LogP contribution >= 0.6 is 0 Å². The van der Waals surface area contributed by atoms with Crippen LogP contribution in [-0.4, -0.2) is 57.1 Å². The van der Waals surface area contributed by atoms with Gasteiger partial charge in [0.05, 0.1) is 26.7 Å². The molecule has 1 saturated heterocycles. The molecule has 1 unspecified atom stereocenters. The molecule has 1 atom stereocenters. The summed E-state index contributed by atoms with van der Waals surface area (Å²) in [5, 5.41) is 5.38. The number of carbonyl (C=O) groups excluding carboxylic acids is 2. The van der Waals surface area contributed by atoms with E-state index in [1.807, 2.05) is 17.0 Å². The fourth-order valence-corrected chi connectivity index (χ4v) is 2.64. The second-order valence-corrected chi connectivity index (χ2v) is 5.38. The lowest BCUT2D eigenvalue weighted by molar-refractivity contribution is -0.134. The minimum absolute atomic E-state index is 0.116. The Kier molecular flexibility index (Phi) is 5.81. The van der Waals surface area contributed by atoms with E-state index in [0.29, 0.717) is 31.1 Å². The third-order valence-electron chi connectivity index (χ3n) is 3.90. The van der Waals surface area contributed by atoms with Gasteiger partial charge in [-0.2, -0.15) is 0 Å². The van der Waals surface area contributed by atoms with Crippen molar-refractivity contribution in [2.75, 3.05) is 34.4 Å². The van der Waals surface area contributed by atoms with Crippen LogP contribution in [0.25, 0.3) is 0 Å². The quantitative estimate of drug-likeness (QED) is 0.779. The molecule has 1 heterocycles. The van der Waals surface area contributed by atoms with Crippen LogP contribution in [-0.2, 0) is 16.1 Å². The number of piperazine rings is 1. The Bertz CT molecular complexity index is 554. The molecule has 2 rings (SSSR count). The Morgan fingerprint density at radius 2 is 1.96 bits per heavy atom. The number of amides is 2. The fourth-order valence-electron chi connectivity index (χ4n) is 2.64. The van der Waals surface area contributed by atoms with Gasteiger partial charge < -0.3 is 20.1 Å². The number of methoxy groups -OCH3 is 2. The maximum absolute atomic E-state index is 12.1. The molecule has 1 aromatic carbocycles. The predicted octanol–water partition coefficient (Wildman–Crippen LogP) is 0.140. The van der Waals surface area contributed by atoms with E-state index in [-0.39, 0.29) is 18.2 Å². The maximum atomic E-state index is 12.1. The molecule has 0 bridgehead atoms. The standard InChI is InChI=1S/C16H23N3O4/c1-17-15(20)9-14-16(21)18-4-5-19(14)10-11-6-12(22-2)8-13(7-11)23-3/h6-8,14H,4-5,9-10H2,1-3H3,(H,17,20)(H,18,21). The molecule has 1 aliphatic rings. The van der Waals surface area contributed by atoms with E-state index in [2.05, 4.69) is 10.6 Å². The SMILES string of the molecule is CNC(=O)CC1C(=O)NCCN1Cc1cc(OC)cc(OC)c1. The molecule has 2 N–H and O–H groups in total. The van der Waals surface area contributed by atoms with Crippen molar-refractivity contribution in [2.24, 2.45) is 0 Å². The third-order valence-corrected chi connectivity index (χ3v) is 3.90. The second kappa shape index (κ2) is 7.82. The van der Waals surface area contributed by atoms with E-state index >= 15 is 0 Å². The summed E-state index contributed by atoms with van der Waals surface area (Å²) in [4.78, 5) is 25.8. The lowest BCUT2D eigenvalue weighted by Gasteiger charge is -2.34. The van der Waals surface area contributed by atoms with Crippen LogP contribution in [0.2, 0.25) is 0 Å².